The number of methoxy groups -OCH3 is 1. The second-order valence-electron chi connectivity index (χ2n) is 5.23. The molecule has 1 N–H and O–H groups in total. The fourth-order valence-electron chi connectivity index (χ4n) is 2.58. The van der Waals surface area contributed by atoms with Crippen molar-refractivity contribution in [3.63, 3.8) is 0 Å². The predicted octanol–water partition coefficient (Wildman–Crippen LogP) is 3.07. The van der Waals surface area contributed by atoms with E-state index in [1.165, 1.54) is 11.7 Å². The van der Waals surface area contributed by atoms with Crippen LogP contribution in [0.25, 0.3) is 16.5 Å². The van der Waals surface area contributed by atoms with Crippen LogP contribution in [-0.4, -0.2) is 23.1 Å². The minimum atomic E-state index is -0.196. The van der Waals surface area contributed by atoms with Crippen molar-refractivity contribution in [1.82, 2.24) is 4.57 Å². The highest BCUT2D eigenvalue weighted by atomic mass is 79.9. The molecule has 0 bridgehead atoms. The van der Waals surface area contributed by atoms with Gasteiger partial charge in [0.1, 0.15) is 5.75 Å². The molecule has 1 aromatic heterocycles. The van der Waals surface area contributed by atoms with E-state index in [0.29, 0.717) is 28.7 Å². The average Bonchev–Trinajstić information content (AvgIpc) is 2.63. The first-order valence-electron chi connectivity index (χ1n) is 7.17. The maximum atomic E-state index is 12.8. The van der Waals surface area contributed by atoms with Gasteiger partial charge in [-0.2, -0.15) is 0 Å². The van der Waals surface area contributed by atoms with E-state index in [-0.39, 0.29) is 12.2 Å². The lowest BCUT2D eigenvalue weighted by molar-refractivity contribution is 0.112. The average molecular weight is 388 g/mol. The van der Waals surface area contributed by atoms with E-state index < -0.39 is 0 Å². The molecule has 6 heteroatoms. The van der Waals surface area contributed by atoms with E-state index in [1.807, 2.05) is 0 Å². The monoisotopic (exact) mass is 387 g/mol. The molecule has 0 unspecified atom stereocenters. The summed E-state index contributed by atoms with van der Waals surface area (Å²) in [7, 11) is 1.47. The summed E-state index contributed by atoms with van der Waals surface area (Å²) in [4.78, 5) is 23.8. The number of hydrogen-bond acceptors (Lipinski definition) is 4. The van der Waals surface area contributed by atoms with E-state index in [0.717, 1.165) is 15.4 Å². The molecule has 2 aromatic carbocycles. The van der Waals surface area contributed by atoms with Crippen molar-refractivity contribution in [2.24, 2.45) is 0 Å². The molecular formula is C18H14BrNO4. The Hall–Kier alpha value is -2.44. The van der Waals surface area contributed by atoms with Gasteiger partial charge in [-0.1, -0.05) is 6.07 Å². The van der Waals surface area contributed by atoms with Gasteiger partial charge in [-0.15, -0.1) is 0 Å². The summed E-state index contributed by atoms with van der Waals surface area (Å²) in [5.41, 5.74) is 1.55. The first-order valence-corrected chi connectivity index (χ1v) is 7.96. The molecule has 0 aliphatic carbocycles. The Morgan fingerprint density at radius 2 is 2.00 bits per heavy atom. The molecule has 0 saturated heterocycles. The summed E-state index contributed by atoms with van der Waals surface area (Å²) in [6.07, 6.45) is 2.37. The van der Waals surface area contributed by atoms with Crippen LogP contribution in [0.4, 0.5) is 0 Å². The van der Waals surface area contributed by atoms with Crippen molar-refractivity contribution in [3.8, 4) is 11.4 Å². The van der Waals surface area contributed by atoms with Crippen LogP contribution in [0, 0.1) is 0 Å². The van der Waals surface area contributed by atoms with E-state index >= 15 is 0 Å². The number of rotatable bonds is 4. The first-order chi connectivity index (χ1) is 11.6. The highest BCUT2D eigenvalue weighted by Gasteiger charge is 2.11. The molecule has 0 spiro atoms. The molecule has 3 aromatic rings. The van der Waals surface area contributed by atoms with Gasteiger partial charge in [-0.3, -0.25) is 14.2 Å². The fraction of sp³-hybridized carbons (Fsp3) is 0.111. The van der Waals surface area contributed by atoms with Gasteiger partial charge >= 0.3 is 0 Å². The molecule has 3 rings (SSSR count). The minimum absolute atomic E-state index is 0.0875. The Morgan fingerprint density at radius 3 is 2.67 bits per heavy atom. The van der Waals surface area contributed by atoms with Crippen molar-refractivity contribution in [2.45, 2.75) is 6.61 Å². The van der Waals surface area contributed by atoms with Gasteiger partial charge in [-0.25, -0.2) is 0 Å². The zero-order valence-electron chi connectivity index (χ0n) is 12.8. The van der Waals surface area contributed by atoms with Crippen molar-refractivity contribution in [3.05, 3.63) is 68.5 Å². The molecular weight excluding hydrogens is 374 g/mol. The molecule has 122 valence electrons. The number of fused-ring (bicyclic) bond motifs is 1. The number of halogens is 1. The quantitative estimate of drug-likeness (QED) is 0.698. The molecule has 0 atom stereocenters. The number of hydrogen-bond donors (Lipinski definition) is 1. The van der Waals surface area contributed by atoms with Gasteiger partial charge in [0.15, 0.2) is 6.29 Å². The van der Waals surface area contributed by atoms with Gasteiger partial charge in [0, 0.05) is 27.5 Å². The Bertz CT molecular complexity index is 994. The number of aromatic nitrogens is 1. The number of aliphatic hydroxyl groups excluding tert-OH is 1. The molecule has 24 heavy (non-hydrogen) atoms. The molecule has 0 radical (unpaired) electrons. The lowest BCUT2D eigenvalue weighted by atomic mass is 10.1. The largest absolute Gasteiger partial charge is 0.496 e. The highest BCUT2D eigenvalue weighted by Crippen LogP contribution is 2.26. The van der Waals surface area contributed by atoms with E-state index in [9.17, 15) is 14.7 Å². The number of aldehydes is 1. The number of pyridine rings is 1. The van der Waals surface area contributed by atoms with Crippen LogP contribution in [0.15, 0.2) is 51.9 Å². The van der Waals surface area contributed by atoms with Crippen LogP contribution in [0.5, 0.6) is 5.75 Å². The summed E-state index contributed by atoms with van der Waals surface area (Å²) in [5.74, 6) is 0.404. The van der Waals surface area contributed by atoms with Gasteiger partial charge in [0.05, 0.1) is 25.0 Å². The zero-order valence-corrected chi connectivity index (χ0v) is 14.4. The summed E-state index contributed by atoms with van der Waals surface area (Å²) < 4.78 is 7.42. The van der Waals surface area contributed by atoms with Gasteiger partial charge in [-0.05, 0) is 45.8 Å². The third-order valence-electron chi connectivity index (χ3n) is 3.84. The number of carbonyl (C=O) groups excluding carboxylic acids is 1. The van der Waals surface area contributed by atoms with Crippen LogP contribution >= 0.6 is 15.9 Å². The van der Waals surface area contributed by atoms with Crippen LogP contribution < -0.4 is 10.3 Å². The number of carbonyl (C=O) groups is 1. The number of aliphatic hydroxyl groups is 1. The Labute approximate surface area is 146 Å². The second kappa shape index (κ2) is 6.59. The van der Waals surface area contributed by atoms with E-state index in [4.69, 9.17) is 4.74 Å². The lowest BCUT2D eigenvalue weighted by Gasteiger charge is -2.12. The number of ether oxygens (including phenoxy) is 1. The normalized spacial score (nSPS) is 10.8. The Kier molecular flexibility index (Phi) is 4.51. The summed E-state index contributed by atoms with van der Waals surface area (Å²) in [5, 5.41) is 10.5. The van der Waals surface area contributed by atoms with Gasteiger partial charge in [0.2, 0.25) is 0 Å². The van der Waals surface area contributed by atoms with Gasteiger partial charge < -0.3 is 9.84 Å². The summed E-state index contributed by atoms with van der Waals surface area (Å²) in [6.45, 7) is -0.0875. The third kappa shape index (κ3) is 2.74. The zero-order chi connectivity index (χ0) is 17.3. The maximum Gasteiger partial charge on any atom is 0.263 e. The van der Waals surface area contributed by atoms with Gasteiger partial charge in [0.25, 0.3) is 5.56 Å². The standard InChI is InChI=1S/C18H14BrNO4/c1-24-17-7-13(4-3-12(17)10-22)20-8-16(19)15-6-11(9-21)2-5-14(15)18(20)23/h2-8,10,21H,9H2,1H3. The summed E-state index contributed by atoms with van der Waals surface area (Å²) in [6, 6.07) is 10.1. The van der Waals surface area contributed by atoms with Crippen molar-refractivity contribution in [2.75, 3.05) is 7.11 Å². The topological polar surface area (TPSA) is 68.5 Å². The molecule has 0 aliphatic rings. The van der Waals surface area contributed by atoms with E-state index in [2.05, 4.69) is 15.9 Å². The van der Waals surface area contributed by atoms with Crippen molar-refractivity contribution < 1.29 is 14.6 Å². The molecule has 0 fully saturated rings. The molecule has 0 saturated carbocycles. The molecule has 1 heterocycles. The van der Waals surface area contributed by atoms with E-state index in [1.54, 1.807) is 42.6 Å². The minimum Gasteiger partial charge on any atom is -0.496 e. The molecule has 0 aliphatic heterocycles. The van der Waals surface area contributed by atoms with Crippen LogP contribution in [-0.2, 0) is 6.61 Å². The molecule has 5 nitrogen and oxygen atoms in total. The SMILES string of the molecule is COc1cc(-n2cc(Br)c3cc(CO)ccc3c2=O)ccc1C=O. The number of benzene rings is 2. The maximum absolute atomic E-state index is 12.8. The van der Waals surface area contributed by atoms with Crippen molar-refractivity contribution in [1.29, 1.82) is 0 Å². The third-order valence-corrected chi connectivity index (χ3v) is 4.47. The van der Waals surface area contributed by atoms with Crippen LogP contribution in [0.3, 0.4) is 0 Å². The first kappa shape index (κ1) is 16.4. The lowest BCUT2D eigenvalue weighted by Crippen LogP contribution is -2.18. The Morgan fingerprint density at radius 1 is 1.21 bits per heavy atom. The van der Waals surface area contributed by atoms with Crippen LogP contribution in [0.1, 0.15) is 15.9 Å². The van der Waals surface area contributed by atoms with Crippen molar-refractivity contribution >= 4 is 33.0 Å². The van der Waals surface area contributed by atoms with Crippen LogP contribution in [0.2, 0.25) is 0 Å². The highest BCUT2D eigenvalue weighted by molar-refractivity contribution is 9.10. The fourth-order valence-corrected chi connectivity index (χ4v) is 3.12. The summed E-state index contributed by atoms with van der Waals surface area (Å²) >= 11 is 3.48. The second-order valence-corrected chi connectivity index (χ2v) is 6.09. The molecule has 0 amide bonds. The Balaban J connectivity index is 2.26. The number of nitrogens with zero attached hydrogens (tertiary/aromatic N) is 1. The predicted molar refractivity (Wildman–Crippen MR) is 95.1 cm³/mol. The smallest absolute Gasteiger partial charge is 0.263 e.